The molecule has 48 heavy (non-hydrogen) atoms. The number of hydrogen-bond donors (Lipinski definition) is 6. The Morgan fingerprint density at radius 1 is 1.06 bits per heavy atom. The molecule has 14 atom stereocenters. The average molecular weight is 684 g/mol. The van der Waals surface area contributed by atoms with E-state index in [4.69, 9.17) is 24.7 Å². The number of carbonyl (C=O) groups is 1. The van der Waals surface area contributed by atoms with Gasteiger partial charge in [-0.05, 0) is 98.7 Å². The molecule has 1 heterocycles. The Balaban J connectivity index is 1.35. The molecule has 5 fully saturated rings. The van der Waals surface area contributed by atoms with E-state index in [1.165, 1.54) is 6.92 Å². The van der Waals surface area contributed by atoms with E-state index in [-0.39, 0.29) is 40.3 Å². The number of aliphatic hydroxyl groups excluding tert-OH is 3. The first-order chi connectivity index (χ1) is 22.1. The highest BCUT2D eigenvalue weighted by Gasteiger charge is 2.83. The second-order valence-corrected chi connectivity index (χ2v) is 17.8. The van der Waals surface area contributed by atoms with Crippen LogP contribution in [0.5, 0.6) is 0 Å². The largest absolute Gasteiger partial charge is 0.460 e. The quantitative estimate of drug-likeness (QED) is 0.147. The van der Waals surface area contributed by atoms with E-state index in [1.807, 2.05) is 0 Å². The van der Waals surface area contributed by atoms with Crippen molar-refractivity contribution in [3.8, 4) is 0 Å². The summed E-state index contributed by atoms with van der Waals surface area (Å²) in [6.45, 7) is 15.9. The third-order valence-electron chi connectivity index (χ3n) is 14.9. The molecule has 0 aromatic rings. The van der Waals surface area contributed by atoms with Crippen LogP contribution in [0.4, 0.5) is 0 Å². The van der Waals surface area contributed by atoms with Crippen molar-refractivity contribution >= 4 is 5.97 Å². The lowest BCUT2D eigenvalue weighted by Crippen LogP contribution is -2.59. The van der Waals surface area contributed by atoms with Gasteiger partial charge in [-0.2, -0.15) is 0 Å². The summed E-state index contributed by atoms with van der Waals surface area (Å²) < 4.78 is 23.5. The molecule has 7 N–H and O–H groups in total. The van der Waals surface area contributed by atoms with Crippen molar-refractivity contribution in [2.45, 2.75) is 173 Å². The number of methoxy groups -OCH3 is 1. The molecule has 0 aromatic heterocycles. The molecule has 5 aliphatic rings. The Labute approximate surface area is 287 Å². The van der Waals surface area contributed by atoms with E-state index in [0.717, 1.165) is 38.5 Å². The van der Waals surface area contributed by atoms with Gasteiger partial charge in [-0.15, -0.1) is 0 Å². The summed E-state index contributed by atoms with van der Waals surface area (Å²) in [6, 6.07) is 0. The topological polar surface area (TPSA) is 181 Å². The summed E-state index contributed by atoms with van der Waals surface area (Å²) in [5.74, 6) is -1.30. The zero-order valence-corrected chi connectivity index (χ0v) is 30.8. The zero-order chi connectivity index (χ0) is 35.9. The molecule has 11 heteroatoms. The fourth-order valence-corrected chi connectivity index (χ4v) is 12.3. The van der Waals surface area contributed by atoms with Crippen molar-refractivity contribution in [1.29, 1.82) is 0 Å². The van der Waals surface area contributed by atoms with Gasteiger partial charge in [-0.3, -0.25) is 4.79 Å². The molecule has 5 rings (SSSR count). The van der Waals surface area contributed by atoms with Crippen LogP contribution in [0.3, 0.4) is 0 Å². The van der Waals surface area contributed by atoms with Crippen molar-refractivity contribution in [2.75, 3.05) is 13.7 Å². The van der Waals surface area contributed by atoms with Gasteiger partial charge in [0, 0.05) is 31.9 Å². The van der Waals surface area contributed by atoms with Crippen molar-refractivity contribution < 1.29 is 49.3 Å². The molecule has 1 aliphatic heterocycles. The maximum atomic E-state index is 12.1. The number of rotatable bonds is 10. The lowest BCUT2D eigenvalue weighted by molar-refractivity contribution is -0.301. The Kier molecular flexibility index (Phi) is 10.1. The number of aliphatic hydroxyl groups is 5. The van der Waals surface area contributed by atoms with Gasteiger partial charge in [0.2, 0.25) is 0 Å². The third kappa shape index (κ3) is 5.70. The van der Waals surface area contributed by atoms with Gasteiger partial charge in [0.25, 0.3) is 0 Å². The fourth-order valence-electron chi connectivity index (χ4n) is 12.3. The average Bonchev–Trinajstić information content (AvgIpc) is 3.38. The zero-order valence-electron chi connectivity index (χ0n) is 30.8. The van der Waals surface area contributed by atoms with Crippen molar-refractivity contribution in [3.05, 3.63) is 0 Å². The summed E-state index contributed by atoms with van der Waals surface area (Å²) in [6.07, 6.45) is 1.82. The third-order valence-corrected chi connectivity index (χ3v) is 14.9. The summed E-state index contributed by atoms with van der Waals surface area (Å²) in [5.41, 5.74) is 5.13. The summed E-state index contributed by atoms with van der Waals surface area (Å²) >= 11 is 0. The molecule has 14 unspecified atom stereocenters. The molecule has 11 nitrogen and oxygen atoms in total. The Hall–Kier alpha value is -0.890. The normalized spacial score (nSPS) is 49.1. The first-order valence-electron chi connectivity index (χ1n) is 18.4. The van der Waals surface area contributed by atoms with Crippen LogP contribution < -0.4 is 5.73 Å². The molecule has 0 bridgehead atoms. The van der Waals surface area contributed by atoms with Gasteiger partial charge in [0.15, 0.2) is 12.1 Å². The second-order valence-electron chi connectivity index (χ2n) is 17.8. The Morgan fingerprint density at radius 2 is 1.73 bits per heavy atom. The maximum absolute atomic E-state index is 12.1. The minimum atomic E-state index is -1.39. The van der Waals surface area contributed by atoms with Crippen molar-refractivity contribution in [3.63, 3.8) is 0 Å². The van der Waals surface area contributed by atoms with Gasteiger partial charge in [-0.25, -0.2) is 0 Å². The van der Waals surface area contributed by atoms with Crippen LogP contribution in [-0.4, -0.2) is 99.0 Å². The molecule has 0 aromatic carbocycles. The molecule has 0 amide bonds. The minimum absolute atomic E-state index is 0.0101. The van der Waals surface area contributed by atoms with Crippen LogP contribution in [0, 0.1) is 39.4 Å². The van der Waals surface area contributed by atoms with Gasteiger partial charge in [-0.1, -0.05) is 41.0 Å². The first-order valence-corrected chi connectivity index (χ1v) is 18.4. The smallest absolute Gasteiger partial charge is 0.303 e. The molecular weight excluding hydrogens is 618 g/mol. The molecule has 1 saturated heterocycles. The molecule has 278 valence electrons. The highest BCUT2D eigenvalue weighted by atomic mass is 16.7. The van der Waals surface area contributed by atoms with E-state index < -0.39 is 53.6 Å². The Bertz CT molecular complexity index is 1190. The predicted octanol–water partition coefficient (Wildman–Crippen LogP) is 3.39. The number of hydrogen-bond acceptors (Lipinski definition) is 11. The van der Waals surface area contributed by atoms with Crippen LogP contribution in [0.2, 0.25) is 0 Å². The van der Waals surface area contributed by atoms with Gasteiger partial charge in [0.1, 0.15) is 24.4 Å². The highest BCUT2D eigenvalue weighted by molar-refractivity contribution is 5.66. The van der Waals surface area contributed by atoms with Crippen molar-refractivity contribution in [1.82, 2.24) is 0 Å². The van der Waals surface area contributed by atoms with E-state index in [9.17, 15) is 30.3 Å². The highest BCUT2D eigenvalue weighted by Crippen LogP contribution is 2.86. The Morgan fingerprint density at radius 3 is 2.31 bits per heavy atom. The summed E-state index contributed by atoms with van der Waals surface area (Å²) in [4.78, 5) is 11.8. The fraction of sp³-hybridized carbons (Fsp3) is 0.973. The summed E-state index contributed by atoms with van der Waals surface area (Å²) in [7, 11) is 1.57. The SMILES string of the molecule is CCC1C(C)(C)C(OC2OCC(O)C(O)C2O)CCC12C(C)C21CCC2(C)C(CCCC(OC(C)=O)C(C)(C)O)C(O)(OC)CC2(N)C1. The lowest BCUT2D eigenvalue weighted by atomic mass is 9.51. The number of carbonyl (C=O) groups excluding carboxylic acids is 1. The van der Waals surface area contributed by atoms with Crippen LogP contribution >= 0.6 is 0 Å². The number of esters is 1. The van der Waals surface area contributed by atoms with Gasteiger partial charge >= 0.3 is 5.97 Å². The first kappa shape index (κ1) is 38.3. The van der Waals surface area contributed by atoms with Crippen LogP contribution in [-0.2, 0) is 23.7 Å². The van der Waals surface area contributed by atoms with Crippen molar-refractivity contribution in [2.24, 2.45) is 45.1 Å². The summed E-state index contributed by atoms with van der Waals surface area (Å²) in [5, 5.41) is 53.5. The minimum Gasteiger partial charge on any atom is -0.460 e. The van der Waals surface area contributed by atoms with E-state index in [1.54, 1.807) is 21.0 Å². The van der Waals surface area contributed by atoms with Gasteiger partial charge in [0.05, 0.1) is 18.3 Å². The predicted molar refractivity (Wildman–Crippen MR) is 178 cm³/mol. The number of nitrogens with two attached hydrogens (primary N) is 1. The number of fused-ring (bicyclic) bond motifs is 2. The standard InChI is InChI=1S/C37H65NO10/c1-10-24-31(4,5)26(48-30-29(42)28(41)23(40)18-46-30)14-15-36(24)21(2)34(36)17-16-33(8)25(37(44,45-9)20-35(33,38)19-34)12-11-13-27(32(6,7)43)47-22(3)39/h21,23-30,40-44H,10-20,38H2,1-9H3. The van der Waals surface area contributed by atoms with Gasteiger partial charge < -0.3 is 50.2 Å². The molecular formula is C37H65NO10. The lowest BCUT2D eigenvalue weighted by Gasteiger charge is -2.56. The van der Waals surface area contributed by atoms with E-state index >= 15 is 0 Å². The number of ether oxygens (including phenoxy) is 4. The van der Waals surface area contributed by atoms with E-state index in [2.05, 4.69) is 34.6 Å². The van der Waals surface area contributed by atoms with E-state index in [0.29, 0.717) is 37.5 Å². The maximum Gasteiger partial charge on any atom is 0.303 e. The monoisotopic (exact) mass is 683 g/mol. The van der Waals surface area contributed by atoms with Crippen LogP contribution in [0.1, 0.15) is 120 Å². The molecule has 0 radical (unpaired) electrons. The van der Waals surface area contributed by atoms with Crippen LogP contribution in [0.15, 0.2) is 0 Å². The van der Waals surface area contributed by atoms with Crippen LogP contribution in [0.25, 0.3) is 0 Å². The second kappa shape index (κ2) is 12.7. The molecule has 4 saturated carbocycles. The molecule has 4 aliphatic carbocycles. The molecule has 2 spiro atoms.